The largest absolute Gasteiger partial charge is 0.522 e. The van der Waals surface area contributed by atoms with Crippen molar-refractivity contribution in [2.45, 2.75) is 24.9 Å². The quantitative estimate of drug-likeness (QED) is 0.390. The van der Waals surface area contributed by atoms with Crippen LogP contribution in [0.15, 0.2) is 22.6 Å². The van der Waals surface area contributed by atoms with Gasteiger partial charge in [0.15, 0.2) is 15.6 Å². The molecule has 10 nitrogen and oxygen atoms in total. The second-order valence-electron chi connectivity index (χ2n) is 6.71. The van der Waals surface area contributed by atoms with E-state index in [0.29, 0.717) is 29.4 Å². The van der Waals surface area contributed by atoms with Gasteiger partial charge in [-0.3, -0.25) is 9.53 Å². The van der Waals surface area contributed by atoms with Crippen LogP contribution in [0.2, 0.25) is 11.1 Å². The van der Waals surface area contributed by atoms with E-state index in [1.54, 1.807) is 6.07 Å². The third-order valence-electron chi connectivity index (χ3n) is 4.34. The van der Waals surface area contributed by atoms with E-state index in [1.165, 1.54) is 12.1 Å². The number of carbonyl (C=O) groups excluding carboxylic acids is 1. The molecule has 1 aliphatic rings. The fourth-order valence-electron chi connectivity index (χ4n) is 2.84. The van der Waals surface area contributed by atoms with E-state index >= 15 is 0 Å². The van der Waals surface area contributed by atoms with E-state index in [1.807, 2.05) is 6.07 Å². The first-order chi connectivity index (χ1) is 15.7. The van der Waals surface area contributed by atoms with Crippen LogP contribution in [0.4, 0.5) is 13.2 Å². The molecule has 0 spiro atoms. The highest BCUT2D eigenvalue weighted by Crippen LogP contribution is 2.24. The molecule has 1 saturated heterocycles. The third kappa shape index (κ3) is 7.89. The number of alkyl halides is 3. The minimum Gasteiger partial charge on any atom is -0.484 e. The molecule has 2 N–H and O–H groups in total. The van der Waals surface area contributed by atoms with E-state index in [-0.39, 0.29) is 36.1 Å². The number of carbonyl (C=O) groups is 1. The molecule has 1 amide bonds. The number of nitriles is 1. The molecular weight excluding hydrogens is 487 g/mol. The Hall–Kier alpha value is -2.86. The lowest BCUT2D eigenvalue weighted by Gasteiger charge is -2.26. The summed E-state index contributed by atoms with van der Waals surface area (Å²) in [5.74, 6) is 0.324. The zero-order chi connectivity index (χ0) is 23.8. The van der Waals surface area contributed by atoms with Crippen LogP contribution in [0.3, 0.4) is 0 Å². The predicted molar refractivity (Wildman–Crippen MR) is 108 cm³/mol. The second kappa shape index (κ2) is 11.3. The number of ether oxygens (including phenoxy) is 3. The van der Waals surface area contributed by atoms with Crippen molar-refractivity contribution in [1.29, 1.82) is 5.26 Å². The molecule has 2 aromatic rings. The third-order valence-corrected chi connectivity index (χ3v) is 6.82. The zero-order valence-electron chi connectivity index (χ0n) is 16.9. The Labute approximate surface area is 192 Å². The molecule has 2 heterocycles. The normalized spacial score (nSPS) is 16.8. The van der Waals surface area contributed by atoms with E-state index in [4.69, 9.17) is 30.8 Å². The summed E-state index contributed by atoms with van der Waals surface area (Å²) < 4.78 is 55.0. The number of amides is 1. The van der Waals surface area contributed by atoms with Crippen LogP contribution >= 0.6 is 11.6 Å². The molecule has 0 bridgehead atoms. The molecule has 1 aliphatic heterocycles. The zero-order valence-corrected chi connectivity index (χ0v) is 18.7. The van der Waals surface area contributed by atoms with E-state index < -0.39 is 28.5 Å². The Morgan fingerprint density at radius 3 is 2.88 bits per heavy atom. The SMILES string of the molecule is N#Cc1cc(OCC(=O)N[Si]2CC[C@H](c3nnc(OCCOC(F)(F)F)o3)NC2)ccc1Cl. The van der Waals surface area contributed by atoms with Crippen molar-refractivity contribution in [2.75, 3.05) is 26.0 Å². The summed E-state index contributed by atoms with van der Waals surface area (Å²) in [6, 6.07) is 6.95. The maximum atomic E-state index is 12.2. The lowest BCUT2D eigenvalue weighted by molar-refractivity contribution is -0.325. The molecule has 1 aromatic heterocycles. The van der Waals surface area contributed by atoms with Crippen molar-refractivity contribution in [1.82, 2.24) is 20.5 Å². The lowest BCUT2D eigenvalue weighted by atomic mass is 10.2. The monoisotopic (exact) mass is 504 g/mol. The Kier molecular flexibility index (Phi) is 8.50. The van der Waals surface area contributed by atoms with Crippen LogP contribution in [-0.2, 0) is 9.53 Å². The predicted octanol–water partition coefficient (Wildman–Crippen LogP) is 2.27. The van der Waals surface area contributed by atoms with Gasteiger partial charge in [0, 0.05) is 6.17 Å². The van der Waals surface area contributed by atoms with Gasteiger partial charge in [-0.2, -0.15) is 5.26 Å². The van der Waals surface area contributed by atoms with Gasteiger partial charge in [0.2, 0.25) is 11.8 Å². The molecule has 1 radical (unpaired) electrons. The van der Waals surface area contributed by atoms with E-state index in [9.17, 15) is 18.0 Å². The molecule has 0 aliphatic carbocycles. The molecular formula is C18H18ClF3N5O5Si. The fourth-order valence-corrected chi connectivity index (χ4v) is 4.99. The Bertz CT molecular complexity index is 995. The first-order valence-corrected chi connectivity index (χ1v) is 11.9. The van der Waals surface area contributed by atoms with Crippen molar-refractivity contribution in [3.63, 3.8) is 0 Å². The van der Waals surface area contributed by atoms with Gasteiger partial charge in [0.25, 0.3) is 0 Å². The van der Waals surface area contributed by atoms with Gasteiger partial charge in [0.1, 0.15) is 18.4 Å². The van der Waals surface area contributed by atoms with Gasteiger partial charge in [-0.25, -0.2) is 0 Å². The summed E-state index contributed by atoms with van der Waals surface area (Å²) >= 11 is 5.86. The maximum absolute atomic E-state index is 12.2. The fraction of sp³-hybridized carbons (Fsp3) is 0.444. The van der Waals surface area contributed by atoms with Gasteiger partial charge < -0.3 is 24.2 Å². The minimum atomic E-state index is -4.73. The van der Waals surface area contributed by atoms with E-state index in [0.717, 1.165) is 0 Å². The summed E-state index contributed by atoms with van der Waals surface area (Å²) in [7, 11) is -1.24. The maximum Gasteiger partial charge on any atom is 0.522 e. The van der Waals surface area contributed by atoms with Gasteiger partial charge in [-0.05, 0) is 30.7 Å². The topological polar surface area (TPSA) is 132 Å². The number of halogens is 4. The van der Waals surface area contributed by atoms with Crippen LogP contribution < -0.4 is 19.8 Å². The summed E-state index contributed by atoms with van der Waals surface area (Å²) in [6.45, 7) is -1.30. The smallest absolute Gasteiger partial charge is 0.484 e. The molecule has 3 rings (SSSR count). The number of nitrogens with zero attached hydrogens (tertiary/aromatic N) is 3. The molecule has 33 heavy (non-hydrogen) atoms. The Morgan fingerprint density at radius 2 is 2.18 bits per heavy atom. The number of nitrogens with one attached hydrogen (secondary N) is 2. The van der Waals surface area contributed by atoms with Gasteiger partial charge in [-0.1, -0.05) is 16.7 Å². The second-order valence-corrected chi connectivity index (χ2v) is 9.43. The van der Waals surface area contributed by atoms with Crippen molar-refractivity contribution < 1.29 is 36.6 Å². The molecule has 1 fully saturated rings. The highest BCUT2D eigenvalue weighted by Gasteiger charge is 2.30. The Morgan fingerprint density at radius 1 is 1.36 bits per heavy atom. The minimum absolute atomic E-state index is 0.202. The summed E-state index contributed by atoms with van der Waals surface area (Å²) in [5, 5.41) is 20.0. The van der Waals surface area contributed by atoms with Crippen molar-refractivity contribution in [3.8, 4) is 17.9 Å². The highest BCUT2D eigenvalue weighted by molar-refractivity contribution is 6.59. The standard InChI is InChI=1S/C18H18ClF3N5O5Si/c19-13-2-1-12(7-11(13)8-23)30-9-15(28)27-33-6-3-14(24-10-33)16-25-26-17(32-16)29-4-5-31-18(20,21)22/h1-2,7,14,24H,3-6,9-10H2,(H,27,28)/t14-/m1/s1. The molecule has 15 heteroatoms. The average Bonchev–Trinajstić information content (AvgIpc) is 3.25. The van der Waals surface area contributed by atoms with Crippen LogP contribution in [0.25, 0.3) is 0 Å². The molecule has 1 aromatic carbocycles. The number of benzene rings is 1. The summed E-state index contributed by atoms with van der Waals surface area (Å²) in [6.07, 6.45) is -3.84. The number of aromatic nitrogens is 2. The van der Waals surface area contributed by atoms with E-state index in [2.05, 4.69) is 25.2 Å². The summed E-state index contributed by atoms with van der Waals surface area (Å²) in [5.41, 5.74) is 0.258. The number of hydrogen-bond donors (Lipinski definition) is 2. The highest BCUT2D eigenvalue weighted by atomic mass is 35.5. The van der Waals surface area contributed by atoms with Crippen LogP contribution in [-0.4, -0.2) is 57.4 Å². The van der Waals surface area contributed by atoms with Crippen LogP contribution in [0.1, 0.15) is 23.9 Å². The first kappa shape index (κ1) is 24.8. The van der Waals surface area contributed by atoms with Crippen LogP contribution in [0, 0.1) is 11.3 Å². The number of rotatable bonds is 9. The van der Waals surface area contributed by atoms with Crippen molar-refractivity contribution in [3.05, 3.63) is 34.7 Å². The molecule has 1 atom stereocenters. The first-order valence-electron chi connectivity index (χ1n) is 9.61. The van der Waals surface area contributed by atoms with Gasteiger partial charge in [0.05, 0.1) is 23.2 Å². The van der Waals surface area contributed by atoms with Crippen molar-refractivity contribution >= 4 is 26.5 Å². The van der Waals surface area contributed by atoms with Gasteiger partial charge in [-0.15, -0.1) is 18.3 Å². The van der Waals surface area contributed by atoms with Crippen LogP contribution in [0.5, 0.6) is 11.8 Å². The molecule has 177 valence electrons. The number of hydrogen-bond acceptors (Lipinski definition) is 9. The molecule has 0 saturated carbocycles. The average molecular weight is 505 g/mol. The summed E-state index contributed by atoms with van der Waals surface area (Å²) in [4.78, 5) is 15.1. The molecule has 0 unspecified atom stereocenters. The Balaban J connectivity index is 1.37. The van der Waals surface area contributed by atoms with Crippen molar-refractivity contribution in [2.24, 2.45) is 0 Å². The van der Waals surface area contributed by atoms with Gasteiger partial charge >= 0.3 is 12.4 Å². The lowest BCUT2D eigenvalue weighted by Crippen LogP contribution is -2.51.